The molecule has 0 fully saturated rings. The van der Waals surface area contributed by atoms with Gasteiger partial charge in [0.15, 0.2) is 0 Å². The highest BCUT2D eigenvalue weighted by atomic mass is 32.2. The van der Waals surface area contributed by atoms with Crippen LogP contribution >= 0.6 is 0 Å². The van der Waals surface area contributed by atoms with Crippen LogP contribution in [0.25, 0.3) is 0 Å². The molecule has 0 aliphatic carbocycles. The number of hydrogen-bond acceptors (Lipinski definition) is 4. The molecule has 0 aromatic heterocycles. The second-order valence-corrected chi connectivity index (χ2v) is 14.4. The Morgan fingerprint density at radius 2 is 0.977 bits per heavy atom. The maximum absolute atomic E-state index is 12.4. The van der Waals surface area contributed by atoms with Crippen molar-refractivity contribution in [2.45, 2.75) is 206 Å². The highest BCUT2D eigenvalue weighted by molar-refractivity contribution is 7.85. The van der Waals surface area contributed by atoms with Crippen LogP contribution in [-0.2, 0) is 14.9 Å². The van der Waals surface area contributed by atoms with E-state index in [2.05, 4.69) is 31.3 Å². The van der Waals surface area contributed by atoms with Crippen molar-refractivity contribution in [2.75, 3.05) is 5.75 Å². The molecule has 0 aliphatic rings. The zero-order valence-electron chi connectivity index (χ0n) is 28.3. The van der Waals surface area contributed by atoms with Gasteiger partial charge in [0, 0.05) is 6.42 Å². The van der Waals surface area contributed by atoms with Crippen LogP contribution in [0, 0.1) is 0 Å². The van der Waals surface area contributed by atoms with Crippen molar-refractivity contribution in [3.63, 3.8) is 0 Å². The Bertz CT molecular complexity index is 740. The summed E-state index contributed by atoms with van der Waals surface area (Å²) >= 11 is 0. The molecule has 2 atom stereocenters. The van der Waals surface area contributed by atoms with Gasteiger partial charge in [-0.15, -0.1) is 0 Å². The molecular formula is C36H71NO5S. The van der Waals surface area contributed by atoms with Crippen molar-refractivity contribution in [1.29, 1.82) is 0 Å². The first kappa shape index (κ1) is 42.1. The Labute approximate surface area is 267 Å². The third-order valence-corrected chi connectivity index (χ3v) is 9.25. The minimum Gasteiger partial charge on any atom is -0.391 e. The number of allylic oxidation sites excluding steroid dienone is 2. The lowest BCUT2D eigenvalue weighted by Gasteiger charge is -2.23. The van der Waals surface area contributed by atoms with E-state index < -0.39 is 28.0 Å². The molecule has 7 heteroatoms. The van der Waals surface area contributed by atoms with Gasteiger partial charge < -0.3 is 10.4 Å². The van der Waals surface area contributed by atoms with Crippen LogP contribution in [0.1, 0.15) is 194 Å². The van der Waals surface area contributed by atoms with Crippen LogP contribution in [-0.4, -0.2) is 41.9 Å². The molecule has 0 heterocycles. The number of amides is 1. The van der Waals surface area contributed by atoms with Gasteiger partial charge in [0.2, 0.25) is 5.91 Å². The van der Waals surface area contributed by atoms with Gasteiger partial charge in [0.05, 0.1) is 17.9 Å². The van der Waals surface area contributed by atoms with E-state index in [1.54, 1.807) is 0 Å². The molecule has 0 saturated carbocycles. The third kappa shape index (κ3) is 32.3. The Morgan fingerprint density at radius 1 is 0.605 bits per heavy atom. The average molecular weight is 630 g/mol. The Kier molecular flexibility index (Phi) is 30.4. The van der Waals surface area contributed by atoms with Crippen LogP contribution in [0.4, 0.5) is 0 Å². The Balaban J connectivity index is 3.66. The van der Waals surface area contributed by atoms with E-state index in [4.69, 9.17) is 0 Å². The van der Waals surface area contributed by atoms with Gasteiger partial charge in [0.1, 0.15) is 0 Å². The van der Waals surface area contributed by atoms with Crippen LogP contribution in [0.5, 0.6) is 0 Å². The van der Waals surface area contributed by atoms with Crippen molar-refractivity contribution in [1.82, 2.24) is 5.32 Å². The van der Waals surface area contributed by atoms with Crippen LogP contribution in [0.3, 0.4) is 0 Å². The number of hydrogen-bond donors (Lipinski definition) is 3. The highest BCUT2D eigenvalue weighted by Crippen LogP contribution is 2.15. The Morgan fingerprint density at radius 3 is 1.40 bits per heavy atom. The van der Waals surface area contributed by atoms with Crippen LogP contribution in [0.15, 0.2) is 12.2 Å². The van der Waals surface area contributed by atoms with Crippen molar-refractivity contribution in [3.8, 4) is 0 Å². The molecule has 0 aromatic carbocycles. The zero-order chi connectivity index (χ0) is 31.9. The number of carbonyl (C=O) groups is 1. The van der Waals surface area contributed by atoms with E-state index >= 15 is 0 Å². The summed E-state index contributed by atoms with van der Waals surface area (Å²) in [6.07, 6.45) is 36.5. The molecule has 2 unspecified atom stereocenters. The summed E-state index contributed by atoms with van der Waals surface area (Å²) in [5.41, 5.74) is 0. The molecule has 256 valence electrons. The van der Waals surface area contributed by atoms with E-state index in [1.165, 1.54) is 116 Å². The maximum Gasteiger partial charge on any atom is 0.266 e. The summed E-state index contributed by atoms with van der Waals surface area (Å²) in [5.74, 6) is -0.900. The van der Waals surface area contributed by atoms with Crippen LogP contribution in [0.2, 0.25) is 0 Å². The van der Waals surface area contributed by atoms with Crippen molar-refractivity contribution in [3.05, 3.63) is 12.2 Å². The smallest absolute Gasteiger partial charge is 0.266 e. The third-order valence-electron chi connectivity index (χ3n) is 8.47. The van der Waals surface area contributed by atoms with E-state index in [1.807, 2.05) is 0 Å². The first-order valence-corrected chi connectivity index (χ1v) is 20.0. The minimum absolute atomic E-state index is 0.252. The number of unbranched alkanes of at least 4 members (excludes halogenated alkanes) is 23. The molecule has 0 rings (SSSR count). The molecule has 0 radical (unpaired) electrons. The predicted molar refractivity (Wildman–Crippen MR) is 184 cm³/mol. The zero-order valence-corrected chi connectivity index (χ0v) is 29.2. The molecule has 0 saturated heterocycles. The molecule has 43 heavy (non-hydrogen) atoms. The monoisotopic (exact) mass is 630 g/mol. The van der Waals surface area contributed by atoms with E-state index in [0.717, 1.165) is 51.4 Å². The van der Waals surface area contributed by atoms with Gasteiger partial charge in [-0.05, 0) is 38.5 Å². The quantitative estimate of drug-likeness (QED) is 0.0381. The van der Waals surface area contributed by atoms with E-state index in [-0.39, 0.29) is 5.91 Å². The topological polar surface area (TPSA) is 104 Å². The van der Waals surface area contributed by atoms with Gasteiger partial charge in [-0.25, -0.2) is 0 Å². The molecule has 0 aliphatic heterocycles. The van der Waals surface area contributed by atoms with E-state index in [0.29, 0.717) is 12.8 Å². The molecule has 0 spiro atoms. The summed E-state index contributed by atoms with van der Waals surface area (Å²) in [7, 11) is -4.29. The normalized spacial score (nSPS) is 13.5. The molecule has 1 amide bonds. The van der Waals surface area contributed by atoms with Crippen LogP contribution < -0.4 is 5.32 Å². The highest BCUT2D eigenvalue weighted by Gasteiger charge is 2.26. The molecule has 0 aromatic rings. The predicted octanol–water partition coefficient (Wildman–Crippen LogP) is 10.2. The number of aliphatic hydroxyl groups excluding tert-OH is 1. The second kappa shape index (κ2) is 31.1. The summed E-state index contributed by atoms with van der Waals surface area (Å²) in [4.78, 5) is 12.4. The molecule has 0 bridgehead atoms. The number of rotatable bonds is 33. The van der Waals surface area contributed by atoms with Crippen molar-refractivity contribution in [2.24, 2.45) is 0 Å². The standard InChI is InChI=1S/C36H71NO5S/c1-3-5-7-9-10-11-12-13-14-15-16-17-18-19-20-21-22-23-24-25-26-28-30-32-36(39)37-34(33-43(40,41)42)35(38)31-29-27-8-6-4-2/h15-16,34-35,38H,3-14,17-33H2,1-2H3,(H,37,39)(H,40,41,42)/b16-15-. The van der Waals surface area contributed by atoms with Gasteiger partial charge in [0.25, 0.3) is 10.1 Å². The lowest BCUT2D eigenvalue weighted by atomic mass is 10.0. The lowest BCUT2D eigenvalue weighted by Crippen LogP contribution is -2.47. The molecule has 6 nitrogen and oxygen atoms in total. The first-order valence-electron chi connectivity index (χ1n) is 18.4. The largest absolute Gasteiger partial charge is 0.391 e. The first-order chi connectivity index (χ1) is 20.8. The minimum atomic E-state index is -4.29. The fourth-order valence-electron chi connectivity index (χ4n) is 5.68. The molecule has 3 N–H and O–H groups in total. The summed E-state index contributed by atoms with van der Waals surface area (Å²) in [6.45, 7) is 4.41. The number of nitrogens with one attached hydrogen (secondary N) is 1. The molecular weight excluding hydrogens is 558 g/mol. The van der Waals surface area contributed by atoms with Crippen molar-refractivity contribution < 1.29 is 22.9 Å². The van der Waals surface area contributed by atoms with Gasteiger partial charge in [-0.3, -0.25) is 9.35 Å². The van der Waals surface area contributed by atoms with Gasteiger partial charge >= 0.3 is 0 Å². The average Bonchev–Trinajstić information content (AvgIpc) is 2.96. The van der Waals surface area contributed by atoms with Crippen molar-refractivity contribution >= 4 is 16.0 Å². The van der Waals surface area contributed by atoms with Gasteiger partial charge in [-0.1, -0.05) is 161 Å². The number of aliphatic hydroxyl groups is 1. The summed E-state index contributed by atoms with van der Waals surface area (Å²) in [6, 6.07) is -0.963. The maximum atomic E-state index is 12.4. The Hall–Kier alpha value is -0.920. The van der Waals surface area contributed by atoms with E-state index in [9.17, 15) is 22.9 Å². The number of carbonyl (C=O) groups excluding carboxylic acids is 1. The summed E-state index contributed by atoms with van der Waals surface area (Å²) in [5, 5.41) is 13.1. The fourth-order valence-corrected chi connectivity index (χ4v) is 6.44. The second-order valence-electron chi connectivity index (χ2n) is 12.9. The SMILES string of the molecule is CCCCCCCCCC/C=C\CCCCCCCCCCCCCC(=O)NC(CS(=O)(=O)O)C(O)CCCCCCC. The fraction of sp³-hybridized carbons (Fsp3) is 0.917. The van der Waals surface area contributed by atoms with Gasteiger partial charge in [-0.2, -0.15) is 8.42 Å². The summed E-state index contributed by atoms with van der Waals surface area (Å²) < 4.78 is 32.1. The lowest BCUT2D eigenvalue weighted by molar-refractivity contribution is -0.122.